The first-order chi connectivity index (χ1) is 32.9. The van der Waals surface area contributed by atoms with Gasteiger partial charge in [-0.05, 0) is 86.2 Å². The van der Waals surface area contributed by atoms with E-state index in [0.717, 1.165) is 16.7 Å². The van der Waals surface area contributed by atoms with Gasteiger partial charge in [0.25, 0.3) is 0 Å². The van der Waals surface area contributed by atoms with Crippen LogP contribution in [0, 0.1) is 34.5 Å². The molecule has 0 aromatic rings. The summed E-state index contributed by atoms with van der Waals surface area (Å²) < 4.78 is 70.4. The van der Waals surface area contributed by atoms with Crippen LogP contribution < -0.4 is 0 Å². The van der Waals surface area contributed by atoms with Crippen molar-refractivity contribution in [2.24, 2.45) is 34.5 Å². The maximum Gasteiger partial charge on any atom is 0.334 e. The second kappa shape index (κ2) is 14.1. The van der Waals surface area contributed by atoms with Gasteiger partial charge in [0.2, 0.25) is 5.79 Å². The molecule has 0 amide bonds. The van der Waals surface area contributed by atoms with E-state index in [1.807, 2.05) is 0 Å². The van der Waals surface area contributed by atoms with Crippen LogP contribution in [0.1, 0.15) is 98.8 Å². The Hall–Kier alpha value is -2.63. The van der Waals surface area contributed by atoms with Gasteiger partial charge in [-0.25, -0.2) is 9.59 Å². The van der Waals surface area contributed by atoms with Crippen molar-refractivity contribution in [1.29, 1.82) is 0 Å². The number of carbonyl (C=O) groups excluding carboxylic acids is 3. The highest BCUT2D eigenvalue weighted by molar-refractivity contribution is 5.93. The van der Waals surface area contributed by atoms with Gasteiger partial charge in [0, 0.05) is 34.8 Å². The fourth-order valence-corrected chi connectivity index (χ4v) is 17.0. The summed E-state index contributed by atoms with van der Waals surface area (Å²) in [6.07, 6.45) is -7.26. The highest BCUT2D eigenvalue weighted by Crippen LogP contribution is 2.83. The molecule has 378 valence electrons. The summed E-state index contributed by atoms with van der Waals surface area (Å²) in [5.41, 5.74) is -0.897. The Morgan fingerprint density at radius 1 is 0.797 bits per heavy atom. The number of aliphatic hydroxyl groups is 5. The molecule has 19 nitrogen and oxygen atoms in total. The van der Waals surface area contributed by atoms with Crippen molar-refractivity contribution in [2.45, 2.75) is 213 Å². The van der Waals surface area contributed by atoms with Crippen LogP contribution in [0.25, 0.3) is 0 Å². The van der Waals surface area contributed by atoms with E-state index < -0.39 is 119 Å². The lowest BCUT2D eigenvalue weighted by molar-refractivity contribution is -0.301. The number of hydrogen-bond acceptors (Lipinski definition) is 19. The zero-order valence-electron chi connectivity index (χ0n) is 39.5. The normalized spacial score (nSPS) is 56.4. The Morgan fingerprint density at radius 2 is 1.55 bits per heavy atom. The zero-order chi connectivity index (χ0) is 47.9. The fourth-order valence-electron chi connectivity index (χ4n) is 17.0. The quantitative estimate of drug-likeness (QED) is 0.0826. The van der Waals surface area contributed by atoms with Gasteiger partial charge in [-0.3, -0.25) is 4.79 Å². The van der Waals surface area contributed by atoms with Gasteiger partial charge in [0.05, 0.1) is 25.4 Å². The third-order valence-corrected chi connectivity index (χ3v) is 20.8. The minimum atomic E-state index is -1.60. The smallest absolute Gasteiger partial charge is 0.334 e. The van der Waals surface area contributed by atoms with E-state index >= 15 is 0 Å². The van der Waals surface area contributed by atoms with E-state index in [0.29, 0.717) is 50.5 Å². The van der Waals surface area contributed by atoms with Gasteiger partial charge < -0.3 is 77.6 Å². The Bertz CT molecular complexity index is 2370. The third-order valence-electron chi connectivity index (χ3n) is 20.8. The van der Waals surface area contributed by atoms with Crippen LogP contribution >= 0.6 is 0 Å². The molecule has 0 aromatic carbocycles. The lowest BCUT2D eigenvalue weighted by Gasteiger charge is -2.54. The summed E-state index contributed by atoms with van der Waals surface area (Å²) >= 11 is 0. The predicted octanol–water partition coefficient (Wildman–Crippen LogP) is 0.701. The third kappa shape index (κ3) is 5.31. The number of carbonyl (C=O) groups is 3. The molecule has 69 heavy (non-hydrogen) atoms. The minimum absolute atomic E-state index is 0.0577. The zero-order valence-corrected chi connectivity index (χ0v) is 39.5. The summed E-state index contributed by atoms with van der Waals surface area (Å²) in [6, 6.07) is 0. The van der Waals surface area contributed by atoms with Crippen molar-refractivity contribution in [3.8, 4) is 0 Å². The summed E-state index contributed by atoms with van der Waals surface area (Å²) in [6.45, 7) is 10.2. The molecule has 10 fully saturated rings. The van der Waals surface area contributed by atoms with Crippen LogP contribution in [-0.4, -0.2) is 177 Å². The molecule has 0 radical (unpaired) electrons. The van der Waals surface area contributed by atoms with E-state index in [1.165, 1.54) is 0 Å². The Labute approximate surface area is 398 Å². The van der Waals surface area contributed by atoms with Crippen molar-refractivity contribution >= 4 is 17.9 Å². The molecule has 10 aliphatic heterocycles. The number of fused-ring (bicyclic) bond motifs is 9. The summed E-state index contributed by atoms with van der Waals surface area (Å²) in [4.78, 5) is 40.9. The molecule has 5 N–H and O–H groups in total. The Morgan fingerprint density at radius 3 is 2.33 bits per heavy atom. The first kappa shape index (κ1) is 45.0. The van der Waals surface area contributed by atoms with Gasteiger partial charge >= 0.3 is 17.9 Å². The second-order valence-electron chi connectivity index (χ2n) is 23.8. The lowest BCUT2D eigenvalue weighted by atomic mass is 9.46. The van der Waals surface area contributed by atoms with Crippen molar-refractivity contribution in [3.63, 3.8) is 0 Å². The highest BCUT2D eigenvalue weighted by Gasteiger charge is 3.00. The standard InChI is InChI=1S/C50H64O19/c1-19(2)46-36(66-46)38-49(68-38)44(4)10-9-23-32(26(44)16-30-48(49,65-30)43(46)58)27(61-41(23)57)13-20(3)47-29(63-31(52)7-6-12-59-42-35(55)34(54)33(53)28(17-51)62-42)15-21-14-25-24-18-60-40(56)22(24)8-11-45(25,5)50(64-21)39(69-50)37(47)67-47/h19-21,25-30,33-39,42-43,51,53-55,58H,6-18H2,1-5H3/t20?,21-,25-,26-,27?,28?,29-,30-,33+,34?,35?,36-,37-,38-,39-,42+,43+,44-,45-,46-,47+,48+,49+,50+/m0/s1. The first-order valence-corrected chi connectivity index (χ1v) is 25.6. The van der Waals surface area contributed by atoms with Gasteiger partial charge in [0.1, 0.15) is 90.6 Å². The van der Waals surface area contributed by atoms with Crippen molar-refractivity contribution in [2.75, 3.05) is 19.8 Å². The molecule has 10 heterocycles. The van der Waals surface area contributed by atoms with E-state index in [4.69, 9.17) is 52.1 Å². The van der Waals surface area contributed by atoms with Crippen LogP contribution in [0.15, 0.2) is 22.3 Å². The molecule has 8 saturated heterocycles. The topological polar surface area (TPSA) is 270 Å². The summed E-state index contributed by atoms with van der Waals surface area (Å²) in [7, 11) is 0. The number of cyclic esters (lactones) is 2. The summed E-state index contributed by atoms with van der Waals surface area (Å²) in [5, 5.41) is 52.7. The van der Waals surface area contributed by atoms with Crippen LogP contribution in [0.5, 0.6) is 0 Å². The molecule has 4 aliphatic carbocycles. The molecule has 14 rings (SSSR count). The number of epoxide rings is 5. The minimum Gasteiger partial charge on any atom is -0.459 e. The van der Waals surface area contributed by atoms with E-state index in [-0.39, 0.29) is 86.4 Å². The predicted molar refractivity (Wildman–Crippen MR) is 227 cm³/mol. The average molecular weight is 969 g/mol. The SMILES string of the molecule is CC(CC1OC(=O)C2=C1[C@@H]1C[C@@H]3O[C@@]34[C@H](O)[C@@]3(C(C)C)O[C@H]3[C@@H]3O[C@@]34[C@@]1(C)CC2)[C@]12O[C@H]1[C@@H]1O[C@]13O[C@H](C[C@@H]2OC(=O)CCCO[C@@H]1OC(CO)[C@@H](O)C(O)C1O)C[C@H]1C2=C(CC[C@@]13C)C(=O)OC2. The molecule has 2 bridgehead atoms. The number of hydrogen-bond donors (Lipinski definition) is 5. The van der Waals surface area contributed by atoms with Crippen LogP contribution in [-0.2, 0) is 66.5 Å². The molecule has 14 aliphatic rings. The van der Waals surface area contributed by atoms with Gasteiger partial charge in [-0.1, -0.05) is 34.6 Å². The van der Waals surface area contributed by atoms with Crippen LogP contribution in [0.3, 0.4) is 0 Å². The molecule has 0 aromatic heterocycles. The monoisotopic (exact) mass is 968 g/mol. The van der Waals surface area contributed by atoms with E-state index in [1.54, 1.807) is 0 Å². The molecule has 24 atom stereocenters. The maximum atomic E-state index is 14.1. The second-order valence-corrected chi connectivity index (χ2v) is 23.8. The lowest BCUT2D eigenvalue weighted by Crippen LogP contribution is -2.69. The molecule has 5 unspecified atom stereocenters. The average Bonchev–Trinajstić information content (AvgIpc) is 4.10. The number of esters is 3. The van der Waals surface area contributed by atoms with Gasteiger partial charge in [0.15, 0.2) is 11.9 Å². The molecule has 19 heteroatoms. The molecular formula is C50H64O19. The van der Waals surface area contributed by atoms with Gasteiger partial charge in [-0.15, -0.1) is 0 Å². The van der Waals surface area contributed by atoms with Crippen LogP contribution in [0.2, 0.25) is 0 Å². The van der Waals surface area contributed by atoms with Gasteiger partial charge in [-0.2, -0.15) is 0 Å². The first-order valence-electron chi connectivity index (χ1n) is 25.6. The van der Waals surface area contributed by atoms with Crippen molar-refractivity contribution in [3.05, 3.63) is 22.3 Å². The number of aliphatic hydroxyl groups excluding tert-OH is 5. The Kier molecular flexibility index (Phi) is 9.23. The largest absolute Gasteiger partial charge is 0.459 e. The fraction of sp³-hybridized carbons (Fsp3) is 0.860. The van der Waals surface area contributed by atoms with E-state index in [2.05, 4.69) is 34.6 Å². The van der Waals surface area contributed by atoms with Crippen LogP contribution in [0.4, 0.5) is 0 Å². The van der Waals surface area contributed by atoms with E-state index in [9.17, 15) is 39.9 Å². The highest BCUT2D eigenvalue weighted by atomic mass is 16.8. The molecule has 3 spiro atoms. The molecular weight excluding hydrogens is 905 g/mol. The van der Waals surface area contributed by atoms with Crippen molar-refractivity contribution < 1.29 is 92.0 Å². The van der Waals surface area contributed by atoms with Crippen molar-refractivity contribution in [1.82, 2.24) is 0 Å². The number of rotatable bonds is 11. The number of ether oxygens (including phenoxy) is 11. The molecule has 2 saturated carbocycles. The Balaban J connectivity index is 0.741. The summed E-state index contributed by atoms with van der Waals surface area (Å²) in [5.74, 6) is -2.53. The maximum absolute atomic E-state index is 14.1.